The van der Waals surface area contributed by atoms with Gasteiger partial charge in [-0.25, -0.2) is 0 Å². The molecule has 1 fully saturated rings. The predicted molar refractivity (Wildman–Crippen MR) is 80.8 cm³/mol. The van der Waals surface area contributed by atoms with Gasteiger partial charge in [-0.05, 0) is 37.4 Å². The van der Waals surface area contributed by atoms with Crippen LogP contribution in [0.1, 0.15) is 25.7 Å². The number of para-hydroxylation sites is 1. The number of rotatable bonds is 5. The van der Waals surface area contributed by atoms with Gasteiger partial charge in [0.05, 0.1) is 18.3 Å². The molecule has 1 N–H and O–H groups in total. The summed E-state index contributed by atoms with van der Waals surface area (Å²) in [6.45, 7) is 2.81. The average molecular weight is 271 g/mol. The highest BCUT2D eigenvalue weighted by Gasteiger charge is 2.13. The van der Waals surface area contributed by atoms with Gasteiger partial charge in [-0.2, -0.15) is 5.10 Å². The minimum Gasteiger partial charge on any atom is -0.315 e. The van der Waals surface area contributed by atoms with Gasteiger partial charge in [-0.1, -0.05) is 25.0 Å². The molecule has 1 aliphatic carbocycles. The molecule has 0 atom stereocenters. The van der Waals surface area contributed by atoms with Gasteiger partial charge in [0, 0.05) is 11.9 Å². The molecule has 2 aromatic rings. The number of aromatic nitrogens is 2. The normalized spacial score (nSPS) is 16.0. The first-order valence-electron chi connectivity index (χ1n) is 7.50. The minimum absolute atomic E-state index is 0.00392. The molecule has 0 radical (unpaired) electrons. The van der Waals surface area contributed by atoms with Crippen LogP contribution in [0, 0.1) is 5.92 Å². The third-order valence-electron chi connectivity index (χ3n) is 4.17. The van der Waals surface area contributed by atoms with Gasteiger partial charge in [0.25, 0.3) is 0 Å². The Labute approximate surface area is 118 Å². The quantitative estimate of drug-likeness (QED) is 0.848. The van der Waals surface area contributed by atoms with Crippen LogP contribution >= 0.6 is 0 Å². The maximum atomic E-state index is 11.7. The molecule has 1 aromatic heterocycles. The van der Waals surface area contributed by atoms with Crippen molar-refractivity contribution in [1.82, 2.24) is 15.1 Å². The standard InChI is InChI=1S/C16H21N3O/c20-16-12-18-19(15-8-4-3-7-14(15)16)10-9-17-11-13-5-1-2-6-13/h3-4,7-8,12-13,17H,1-2,5-6,9-11H2. The molecule has 20 heavy (non-hydrogen) atoms. The van der Waals surface area contributed by atoms with E-state index < -0.39 is 0 Å². The number of nitrogens with zero attached hydrogens (tertiary/aromatic N) is 2. The van der Waals surface area contributed by atoms with Crippen molar-refractivity contribution in [2.24, 2.45) is 5.92 Å². The zero-order valence-corrected chi connectivity index (χ0v) is 11.7. The molecular weight excluding hydrogens is 250 g/mol. The highest BCUT2D eigenvalue weighted by atomic mass is 16.1. The number of fused-ring (bicyclic) bond motifs is 1. The van der Waals surface area contributed by atoms with Crippen molar-refractivity contribution in [2.45, 2.75) is 32.2 Å². The summed E-state index contributed by atoms with van der Waals surface area (Å²) in [5.41, 5.74) is 0.915. The Balaban J connectivity index is 1.62. The Morgan fingerprint density at radius 3 is 2.90 bits per heavy atom. The molecule has 1 heterocycles. The summed E-state index contributed by atoms with van der Waals surface area (Å²) in [4.78, 5) is 11.7. The van der Waals surface area contributed by atoms with E-state index in [9.17, 15) is 4.79 Å². The Kier molecular flexibility index (Phi) is 4.11. The lowest BCUT2D eigenvalue weighted by Crippen LogP contribution is -2.26. The molecule has 0 spiro atoms. The van der Waals surface area contributed by atoms with Crippen LogP contribution in [0.15, 0.2) is 35.3 Å². The van der Waals surface area contributed by atoms with Gasteiger partial charge in [0.1, 0.15) is 0 Å². The SMILES string of the molecule is O=c1cnn(CCNCC2CCCC2)c2ccccc12. The lowest BCUT2D eigenvalue weighted by Gasteiger charge is -2.12. The zero-order chi connectivity index (χ0) is 13.8. The number of hydrogen-bond acceptors (Lipinski definition) is 3. The third-order valence-corrected chi connectivity index (χ3v) is 4.17. The number of nitrogens with one attached hydrogen (secondary N) is 1. The summed E-state index contributed by atoms with van der Waals surface area (Å²) in [5.74, 6) is 0.855. The second kappa shape index (κ2) is 6.18. The van der Waals surface area contributed by atoms with Crippen molar-refractivity contribution in [3.05, 3.63) is 40.7 Å². The molecule has 1 aliphatic rings. The van der Waals surface area contributed by atoms with E-state index in [2.05, 4.69) is 10.4 Å². The Morgan fingerprint density at radius 2 is 2.05 bits per heavy atom. The Morgan fingerprint density at radius 1 is 1.25 bits per heavy atom. The molecule has 4 heteroatoms. The fourth-order valence-electron chi connectivity index (χ4n) is 3.04. The van der Waals surface area contributed by atoms with Crippen LogP contribution in [0.3, 0.4) is 0 Å². The van der Waals surface area contributed by atoms with E-state index in [1.165, 1.54) is 31.9 Å². The third kappa shape index (κ3) is 2.90. The lowest BCUT2D eigenvalue weighted by molar-refractivity contribution is 0.469. The predicted octanol–water partition coefficient (Wildman–Crippen LogP) is 2.18. The van der Waals surface area contributed by atoms with Crippen LogP contribution in [0.2, 0.25) is 0 Å². The van der Waals surface area contributed by atoms with Crippen LogP contribution in [0.5, 0.6) is 0 Å². The first kappa shape index (κ1) is 13.3. The second-order valence-corrected chi connectivity index (χ2v) is 5.60. The van der Waals surface area contributed by atoms with E-state index >= 15 is 0 Å². The van der Waals surface area contributed by atoms with Crippen molar-refractivity contribution in [1.29, 1.82) is 0 Å². The maximum Gasteiger partial charge on any atom is 0.207 e. The lowest BCUT2D eigenvalue weighted by atomic mass is 10.1. The van der Waals surface area contributed by atoms with Gasteiger partial charge >= 0.3 is 0 Å². The Hall–Kier alpha value is -1.68. The van der Waals surface area contributed by atoms with Crippen molar-refractivity contribution in [3.63, 3.8) is 0 Å². The van der Waals surface area contributed by atoms with Crippen molar-refractivity contribution < 1.29 is 0 Å². The van der Waals surface area contributed by atoms with Crippen LogP contribution in [0.4, 0.5) is 0 Å². The topological polar surface area (TPSA) is 46.9 Å². The second-order valence-electron chi connectivity index (χ2n) is 5.60. The van der Waals surface area contributed by atoms with Crippen LogP contribution in [-0.4, -0.2) is 22.9 Å². The summed E-state index contributed by atoms with van der Waals surface area (Å²) < 4.78 is 1.92. The van der Waals surface area contributed by atoms with Crippen molar-refractivity contribution in [2.75, 3.05) is 13.1 Å². The molecule has 0 amide bonds. The molecule has 3 rings (SSSR count). The fraction of sp³-hybridized carbons (Fsp3) is 0.500. The fourth-order valence-corrected chi connectivity index (χ4v) is 3.04. The maximum absolute atomic E-state index is 11.7. The van der Waals surface area contributed by atoms with E-state index in [-0.39, 0.29) is 5.43 Å². The first-order valence-corrected chi connectivity index (χ1v) is 7.50. The zero-order valence-electron chi connectivity index (χ0n) is 11.7. The van der Waals surface area contributed by atoms with E-state index in [0.29, 0.717) is 0 Å². The molecule has 1 saturated carbocycles. The highest BCUT2D eigenvalue weighted by Crippen LogP contribution is 2.23. The smallest absolute Gasteiger partial charge is 0.207 e. The van der Waals surface area contributed by atoms with Gasteiger partial charge in [-0.15, -0.1) is 0 Å². The van der Waals surface area contributed by atoms with E-state index in [4.69, 9.17) is 0 Å². The van der Waals surface area contributed by atoms with Crippen molar-refractivity contribution in [3.8, 4) is 0 Å². The molecule has 0 unspecified atom stereocenters. The number of hydrogen-bond donors (Lipinski definition) is 1. The average Bonchev–Trinajstić information content (AvgIpc) is 2.99. The van der Waals surface area contributed by atoms with E-state index in [0.717, 1.165) is 36.5 Å². The van der Waals surface area contributed by atoms with Gasteiger partial charge in [0.15, 0.2) is 0 Å². The van der Waals surface area contributed by atoms with Crippen LogP contribution in [0.25, 0.3) is 10.9 Å². The molecular formula is C16H21N3O. The van der Waals surface area contributed by atoms with Crippen molar-refractivity contribution >= 4 is 10.9 Å². The van der Waals surface area contributed by atoms with E-state index in [1.807, 2.05) is 28.9 Å². The summed E-state index contributed by atoms with van der Waals surface area (Å²) in [5, 5.41) is 8.50. The molecule has 1 aromatic carbocycles. The van der Waals surface area contributed by atoms with Gasteiger partial charge in [0.2, 0.25) is 5.43 Å². The summed E-state index contributed by atoms with van der Waals surface area (Å²) in [7, 11) is 0. The number of benzene rings is 1. The van der Waals surface area contributed by atoms with Crippen LogP contribution < -0.4 is 10.7 Å². The molecule has 106 valence electrons. The minimum atomic E-state index is -0.00392. The Bertz CT molecular complexity index is 629. The molecule has 0 saturated heterocycles. The monoisotopic (exact) mass is 271 g/mol. The molecule has 4 nitrogen and oxygen atoms in total. The summed E-state index contributed by atoms with van der Waals surface area (Å²) in [6, 6.07) is 7.67. The van der Waals surface area contributed by atoms with E-state index in [1.54, 1.807) is 0 Å². The van der Waals surface area contributed by atoms with Gasteiger partial charge in [-0.3, -0.25) is 9.48 Å². The summed E-state index contributed by atoms with van der Waals surface area (Å²) in [6.07, 6.45) is 6.92. The molecule has 0 aliphatic heterocycles. The van der Waals surface area contributed by atoms with Gasteiger partial charge < -0.3 is 5.32 Å². The van der Waals surface area contributed by atoms with Crippen LogP contribution in [-0.2, 0) is 6.54 Å². The highest BCUT2D eigenvalue weighted by molar-refractivity contribution is 5.77. The summed E-state index contributed by atoms with van der Waals surface area (Å²) >= 11 is 0. The largest absolute Gasteiger partial charge is 0.315 e. The first-order chi connectivity index (χ1) is 9.84. The molecule has 0 bridgehead atoms.